The van der Waals surface area contributed by atoms with Gasteiger partial charge in [0.25, 0.3) is 0 Å². The van der Waals surface area contributed by atoms with Crippen LogP contribution in [0, 0.1) is 0 Å². The summed E-state index contributed by atoms with van der Waals surface area (Å²) in [6.07, 6.45) is 1.42. The van der Waals surface area contributed by atoms with Gasteiger partial charge in [-0.3, -0.25) is 0 Å². The number of hydrogen-bond donors (Lipinski definition) is 2. The Bertz CT molecular complexity index is 492. The molecule has 0 spiro atoms. The van der Waals surface area contributed by atoms with Crippen LogP contribution in [0.5, 0.6) is 5.88 Å². The second-order valence-corrected chi connectivity index (χ2v) is 2.63. The highest BCUT2D eigenvalue weighted by Gasteiger charge is 2.09. The maximum Gasteiger partial charge on any atom is 0.352 e. The number of rotatable bonds is 2. The van der Waals surface area contributed by atoms with Gasteiger partial charge in [0.15, 0.2) is 5.65 Å². The minimum absolute atomic E-state index is 0.0632. The van der Waals surface area contributed by atoms with Crippen LogP contribution in [-0.2, 0) is 0 Å². The molecule has 2 rings (SSSR count). The Morgan fingerprint density at radius 3 is 3.07 bits per heavy atom. The zero-order valence-electron chi connectivity index (χ0n) is 7.31. The Kier molecular flexibility index (Phi) is 1.81. The Morgan fingerprint density at radius 1 is 1.64 bits per heavy atom. The van der Waals surface area contributed by atoms with Gasteiger partial charge in [0, 0.05) is 0 Å². The molecule has 72 valence electrons. The summed E-state index contributed by atoms with van der Waals surface area (Å²) >= 11 is 0. The Hall–Kier alpha value is -2.11. The normalized spacial score (nSPS) is 10.4. The number of aromatic amines is 1. The van der Waals surface area contributed by atoms with Crippen molar-refractivity contribution in [2.24, 2.45) is 0 Å². The summed E-state index contributed by atoms with van der Waals surface area (Å²) in [5.74, 6) is -0.683. The maximum atomic E-state index is 10.6. The SMILES string of the molecule is COc1cnc2[nH]c(C(=O)O)cc2n1. The summed E-state index contributed by atoms with van der Waals surface area (Å²) in [4.78, 5) is 21.2. The molecule has 0 atom stereocenters. The molecule has 0 saturated carbocycles. The molecule has 6 heteroatoms. The number of H-pyrrole nitrogens is 1. The van der Waals surface area contributed by atoms with E-state index in [2.05, 4.69) is 15.0 Å². The van der Waals surface area contributed by atoms with Crippen molar-refractivity contribution in [1.82, 2.24) is 15.0 Å². The highest BCUT2D eigenvalue weighted by molar-refractivity contribution is 5.91. The summed E-state index contributed by atoms with van der Waals surface area (Å²) in [6.45, 7) is 0. The van der Waals surface area contributed by atoms with E-state index in [9.17, 15) is 4.79 Å². The highest BCUT2D eigenvalue weighted by atomic mass is 16.5. The molecule has 0 fully saturated rings. The van der Waals surface area contributed by atoms with Gasteiger partial charge in [0.2, 0.25) is 5.88 Å². The largest absolute Gasteiger partial charge is 0.480 e. The van der Waals surface area contributed by atoms with Crippen molar-refractivity contribution >= 4 is 17.1 Å². The molecule has 0 amide bonds. The van der Waals surface area contributed by atoms with E-state index in [1.807, 2.05) is 0 Å². The average Bonchev–Trinajstić information content (AvgIpc) is 2.59. The molecule has 6 nitrogen and oxygen atoms in total. The predicted molar refractivity (Wildman–Crippen MR) is 47.4 cm³/mol. The lowest BCUT2D eigenvalue weighted by Crippen LogP contribution is -1.94. The number of carboxylic acids is 1. The van der Waals surface area contributed by atoms with E-state index in [4.69, 9.17) is 9.84 Å². The first-order chi connectivity index (χ1) is 6.70. The quantitative estimate of drug-likeness (QED) is 0.731. The minimum atomic E-state index is -1.04. The van der Waals surface area contributed by atoms with Gasteiger partial charge in [-0.05, 0) is 6.07 Å². The second-order valence-electron chi connectivity index (χ2n) is 2.63. The maximum absolute atomic E-state index is 10.6. The van der Waals surface area contributed by atoms with E-state index >= 15 is 0 Å². The number of aromatic carboxylic acids is 1. The topological polar surface area (TPSA) is 88.1 Å². The van der Waals surface area contributed by atoms with Crippen molar-refractivity contribution in [2.45, 2.75) is 0 Å². The molecule has 0 radical (unpaired) electrons. The molecule has 2 aromatic heterocycles. The standard InChI is InChI=1S/C8H7N3O3/c1-14-6-3-9-7-4(10-6)2-5(11-7)8(12)13/h2-3H,1H3,(H,9,11)(H,12,13). The summed E-state index contributed by atoms with van der Waals surface area (Å²) < 4.78 is 4.86. The molecule has 0 aliphatic carbocycles. The molecule has 0 unspecified atom stereocenters. The second kappa shape index (κ2) is 2.99. The van der Waals surface area contributed by atoms with Gasteiger partial charge in [-0.2, -0.15) is 0 Å². The number of methoxy groups -OCH3 is 1. The molecule has 14 heavy (non-hydrogen) atoms. The fourth-order valence-corrected chi connectivity index (χ4v) is 1.10. The van der Waals surface area contributed by atoms with Crippen LogP contribution < -0.4 is 4.74 Å². The van der Waals surface area contributed by atoms with E-state index in [1.165, 1.54) is 19.4 Å². The molecule has 0 aromatic carbocycles. The lowest BCUT2D eigenvalue weighted by molar-refractivity contribution is 0.0691. The summed E-state index contributed by atoms with van der Waals surface area (Å²) in [5, 5.41) is 8.69. The Morgan fingerprint density at radius 2 is 2.43 bits per heavy atom. The molecule has 2 heterocycles. The Balaban J connectivity index is 2.60. The molecular weight excluding hydrogens is 186 g/mol. The van der Waals surface area contributed by atoms with Gasteiger partial charge in [0.1, 0.15) is 11.2 Å². The number of hydrogen-bond acceptors (Lipinski definition) is 4. The molecule has 0 aliphatic heterocycles. The van der Waals surface area contributed by atoms with E-state index in [0.29, 0.717) is 17.0 Å². The van der Waals surface area contributed by atoms with E-state index in [-0.39, 0.29) is 5.69 Å². The smallest absolute Gasteiger partial charge is 0.352 e. The number of fused-ring (bicyclic) bond motifs is 1. The summed E-state index contributed by atoms with van der Waals surface area (Å²) in [6, 6.07) is 1.41. The van der Waals surface area contributed by atoms with Crippen molar-refractivity contribution in [3.05, 3.63) is 18.0 Å². The lowest BCUT2D eigenvalue weighted by atomic mass is 10.4. The number of aromatic nitrogens is 3. The zero-order valence-corrected chi connectivity index (χ0v) is 7.31. The van der Waals surface area contributed by atoms with Gasteiger partial charge < -0.3 is 14.8 Å². The van der Waals surface area contributed by atoms with Crippen LogP contribution in [0.2, 0.25) is 0 Å². The number of nitrogens with one attached hydrogen (secondary N) is 1. The molecule has 2 aromatic rings. The van der Waals surface area contributed by atoms with Crippen LogP contribution in [0.1, 0.15) is 10.5 Å². The first-order valence-corrected chi connectivity index (χ1v) is 3.84. The summed E-state index contributed by atoms with van der Waals surface area (Å²) in [5.41, 5.74) is 0.971. The molecule has 0 saturated heterocycles. The van der Waals surface area contributed by atoms with Crippen LogP contribution >= 0.6 is 0 Å². The van der Waals surface area contributed by atoms with E-state index in [0.717, 1.165) is 0 Å². The van der Waals surface area contributed by atoms with Crippen LogP contribution in [0.25, 0.3) is 11.2 Å². The van der Waals surface area contributed by atoms with Crippen molar-refractivity contribution in [3.8, 4) is 5.88 Å². The molecule has 2 N–H and O–H groups in total. The van der Waals surface area contributed by atoms with Crippen LogP contribution in [0.4, 0.5) is 0 Å². The van der Waals surface area contributed by atoms with Gasteiger partial charge in [-0.15, -0.1) is 0 Å². The van der Waals surface area contributed by atoms with Gasteiger partial charge in [-0.1, -0.05) is 0 Å². The Labute approximate surface area is 78.6 Å². The first-order valence-electron chi connectivity index (χ1n) is 3.84. The summed E-state index contributed by atoms with van der Waals surface area (Å²) in [7, 11) is 1.47. The fourth-order valence-electron chi connectivity index (χ4n) is 1.10. The number of carboxylic acid groups (broad SMARTS) is 1. The van der Waals surface area contributed by atoms with Gasteiger partial charge in [0.05, 0.1) is 13.3 Å². The number of ether oxygens (including phenoxy) is 1. The predicted octanol–water partition coefficient (Wildman–Crippen LogP) is 0.665. The fraction of sp³-hybridized carbons (Fsp3) is 0.125. The highest BCUT2D eigenvalue weighted by Crippen LogP contribution is 2.14. The zero-order chi connectivity index (χ0) is 10.1. The van der Waals surface area contributed by atoms with E-state index in [1.54, 1.807) is 0 Å². The lowest BCUT2D eigenvalue weighted by Gasteiger charge is -1.95. The van der Waals surface area contributed by atoms with Gasteiger partial charge in [-0.25, -0.2) is 14.8 Å². The van der Waals surface area contributed by atoms with Crippen molar-refractivity contribution in [2.75, 3.05) is 7.11 Å². The number of carbonyl (C=O) groups is 1. The van der Waals surface area contributed by atoms with Crippen molar-refractivity contribution < 1.29 is 14.6 Å². The van der Waals surface area contributed by atoms with Crippen molar-refractivity contribution in [3.63, 3.8) is 0 Å². The third kappa shape index (κ3) is 1.26. The first kappa shape index (κ1) is 8.49. The third-order valence-corrected chi connectivity index (χ3v) is 1.75. The average molecular weight is 193 g/mol. The molecule has 0 bridgehead atoms. The van der Waals surface area contributed by atoms with E-state index < -0.39 is 5.97 Å². The van der Waals surface area contributed by atoms with Crippen LogP contribution in [0.3, 0.4) is 0 Å². The molecular formula is C8H7N3O3. The monoisotopic (exact) mass is 193 g/mol. The van der Waals surface area contributed by atoms with Crippen LogP contribution in [0.15, 0.2) is 12.3 Å². The third-order valence-electron chi connectivity index (χ3n) is 1.75. The van der Waals surface area contributed by atoms with Crippen LogP contribution in [-0.4, -0.2) is 33.1 Å². The number of nitrogens with zero attached hydrogens (tertiary/aromatic N) is 2. The minimum Gasteiger partial charge on any atom is -0.480 e. The van der Waals surface area contributed by atoms with Crippen molar-refractivity contribution in [1.29, 1.82) is 0 Å². The van der Waals surface area contributed by atoms with Gasteiger partial charge >= 0.3 is 5.97 Å². The molecule has 0 aliphatic rings.